The van der Waals surface area contributed by atoms with E-state index >= 15 is 0 Å². The van der Waals surface area contributed by atoms with Crippen molar-refractivity contribution in [2.75, 3.05) is 13.2 Å². The highest BCUT2D eigenvalue weighted by molar-refractivity contribution is 6.30. The van der Waals surface area contributed by atoms with E-state index in [2.05, 4.69) is 5.32 Å². The second-order valence-electron chi connectivity index (χ2n) is 8.54. The zero-order chi connectivity index (χ0) is 25.8. The number of aryl methyl sites for hydroxylation is 1. The molecule has 2 aromatic carbocycles. The number of amides is 2. The Labute approximate surface area is 214 Å². The van der Waals surface area contributed by atoms with Gasteiger partial charge >= 0.3 is 0 Å². The zero-order valence-corrected chi connectivity index (χ0v) is 22.4. The van der Waals surface area contributed by atoms with Gasteiger partial charge in [0.15, 0.2) is 11.5 Å². The van der Waals surface area contributed by atoms with Crippen LogP contribution in [0.1, 0.15) is 65.0 Å². The van der Waals surface area contributed by atoms with Crippen molar-refractivity contribution in [3.8, 4) is 11.5 Å². The van der Waals surface area contributed by atoms with Gasteiger partial charge < -0.3 is 19.7 Å². The molecule has 7 heteroatoms. The van der Waals surface area contributed by atoms with Crippen molar-refractivity contribution in [2.24, 2.45) is 0 Å². The maximum absolute atomic E-state index is 13.5. The molecule has 35 heavy (non-hydrogen) atoms. The normalized spacial score (nSPS) is 12.5. The van der Waals surface area contributed by atoms with Crippen molar-refractivity contribution in [2.45, 2.75) is 78.9 Å². The molecule has 0 heterocycles. The summed E-state index contributed by atoms with van der Waals surface area (Å²) in [5.41, 5.74) is 1.91. The molecule has 0 saturated carbocycles. The van der Waals surface area contributed by atoms with Crippen LogP contribution in [-0.4, -0.2) is 42.0 Å². The molecule has 0 aliphatic heterocycles. The first-order chi connectivity index (χ1) is 16.8. The van der Waals surface area contributed by atoms with Crippen LogP contribution in [0.2, 0.25) is 5.02 Å². The summed E-state index contributed by atoms with van der Waals surface area (Å²) in [6, 6.07) is 12.6. The maximum atomic E-state index is 13.5. The molecule has 0 aliphatic carbocycles. The molecule has 0 saturated heterocycles. The third-order valence-corrected chi connectivity index (χ3v) is 6.14. The smallest absolute Gasteiger partial charge is 0.243 e. The number of carbonyl (C=O) groups is 2. The van der Waals surface area contributed by atoms with Gasteiger partial charge in [0, 0.05) is 24.0 Å². The lowest BCUT2D eigenvalue weighted by atomic mass is 10.1. The highest BCUT2D eigenvalue weighted by atomic mass is 35.5. The number of nitrogens with zero attached hydrogens (tertiary/aromatic N) is 1. The van der Waals surface area contributed by atoms with Crippen LogP contribution in [0.4, 0.5) is 0 Å². The van der Waals surface area contributed by atoms with Gasteiger partial charge in [-0.05, 0) is 75.4 Å². The van der Waals surface area contributed by atoms with Gasteiger partial charge in [-0.15, -0.1) is 0 Å². The third-order valence-electron chi connectivity index (χ3n) is 5.89. The number of benzene rings is 2. The molecule has 2 aromatic rings. The first-order valence-corrected chi connectivity index (χ1v) is 12.9. The van der Waals surface area contributed by atoms with Gasteiger partial charge in [-0.1, -0.05) is 43.6 Å². The van der Waals surface area contributed by atoms with Crippen LogP contribution in [0, 0.1) is 0 Å². The van der Waals surface area contributed by atoms with Crippen molar-refractivity contribution in [1.29, 1.82) is 0 Å². The maximum Gasteiger partial charge on any atom is 0.243 e. The summed E-state index contributed by atoms with van der Waals surface area (Å²) in [5, 5.41) is 3.67. The molecular weight excluding hydrogens is 464 g/mol. The Morgan fingerprint density at radius 2 is 1.54 bits per heavy atom. The van der Waals surface area contributed by atoms with Crippen molar-refractivity contribution in [3.63, 3.8) is 0 Å². The fourth-order valence-electron chi connectivity index (χ4n) is 3.79. The van der Waals surface area contributed by atoms with Crippen LogP contribution < -0.4 is 14.8 Å². The van der Waals surface area contributed by atoms with Crippen LogP contribution in [0.15, 0.2) is 42.5 Å². The second kappa shape index (κ2) is 14.6. The molecule has 0 unspecified atom stereocenters. The minimum Gasteiger partial charge on any atom is -0.490 e. The minimum absolute atomic E-state index is 0.0462. The van der Waals surface area contributed by atoms with Crippen LogP contribution in [-0.2, 0) is 22.6 Å². The molecule has 192 valence electrons. The molecule has 0 bridgehead atoms. The number of hydrogen-bond donors (Lipinski definition) is 1. The summed E-state index contributed by atoms with van der Waals surface area (Å²) in [7, 11) is 0. The molecule has 0 fully saturated rings. The minimum atomic E-state index is -0.550. The average molecular weight is 503 g/mol. The first-order valence-electron chi connectivity index (χ1n) is 12.6. The molecule has 0 radical (unpaired) electrons. The van der Waals surface area contributed by atoms with Gasteiger partial charge in [-0.3, -0.25) is 9.59 Å². The standard InChI is InChI=1S/C28H39ClN2O4/c1-6-20(5)30-28(33)24(7-2)31(19-22-10-14-23(29)15-11-22)27(32)17-13-21-12-16-25(34-8-3)26(18-21)35-9-4/h10-12,14-16,18,20,24H,6-9,13,17,19H2,1-5H3,(H,30,33)/t20-,24+/m0/s1. The van der Waals surface area contributed by atoms with Gasteiger partial charge in [-0.25, -0.2) is 0 Å². The highest BCUT2D eigenvalue weighted by Crippen LogP contribution is 2.29. The Morgan fingerprint density at radius 1 is 0.914 bits per heavy atom. The highest BCUT2D eigenvalue weighted by Gasteiger charge is 2.29. The van der Waals surface area contributed by atoms with Crippen LogP contribution in [0.25, 0.3) is 0 Å². The molecule has 6 nitrogen and oxygen atoms in total. The SMILES string of the molecule is CCOc1ccc(CCC(=O)N(Cc2ccc(Cl)cc2)[C@H](CC)C(=O)N[C@@H](C)CC)cc1OCC. The van der Waals surface area contributed by atoms with Gasteiger partial charge in [-0.2, -0.15) is 0 Å². The lowest BCUT2D eigenvalue weighted by molar-refractivity contribution is -0.141. The Bertz CT molecular complexity index is 948. The van der Waals surface area contributed by atoms with Crippen LogP contribution >= 0.6 is 11.6 Å². The molecule has 0 spiro atoms. The molecule has 2 rings (SSSR count). The fourth-order valence-corrected chi connectivity index (χ4v) is 3.92. The van der Waals surface area contributed by atoms with Crippen molar-refractivity contribution < 1.29 is 19.1 Å². The summed E-state index contributed by atoms with van der Waals surface area (Å²) in [5.74, 6) is 1.18. The number of hydrogen-bond acceptors (Lipinski definition) is 4. The van der Waals surface area contributed by atoms with Crippen LogP contribution in [0.3, 0.4) is 0 Å². The van der Waals surface area contributed by atoms with E-state index in [-0.39, 0.29) is 24.3 Å². The van der Waals surface area contributed by atoms with E-state index in [1.54, 1.807) is 17.0 Å². The Kier molecular flexibility index (Phi) is 11.9. The predicted molar refractivity (Wildman–Crippen MR) is 141 cm³/mol. The third kappa shape index (κ3) is 8.77. The summed E-state index contributed by atoms with van der Waals surface area (Å²) >= 11 is 6.04. The number of nitrogens with one attached hydrogen (secondary N) is 1. The lowest BCUT2D eigenvalue weighted by Gasteiger charge is -2.31. The Morgan fingerprint density at radius 3 is 2.14 bits per heavy atom. The molecular formula is C28H39ClN2O4. The van der Waals surface area contributed by atoms with E-state index in [0.717, 1.165) is 17.5 Å². The van der Waals surface area contributed by atoms with E-state index < -0.39 is 6.04 Å². The van der Waals surface area contributed by atoms with Crippen molar-refractivity contribution in [1.82, 2.24) is 10.2 Å². The van der Waals surface area contributed by atoms with Gasteiger partial charge in [0.1, 0.15) is 6.04 Å². The van der Waals surface area contributed by atoms with Crippen molar-refractivity contribution in [3.05, 3.63) is 58.6 Å². The quantitative estimate of drug-likeness (QED) is 0.355. The molecule has 1 N–H and O–H groups in total. The van der Waals surface area contributed by atoms with Crippen LogP contribution in [0.5, 0.6) is 11.5 Å². The average Bonchev–Trinajstić information content (AvgIpc) is 2.85. The monoisotopic (exact) mass is 502 g/mol. The molecule has 0 aliphatic rings. The number of rotatable bonds is 14. The summed E-state index contributed by atoms with van der Waals surface area (Å²) in [4.78, 5) is 28.3. The van der Waals surface area contributed by atoms with Crippen molar-refractivity contribution >= 4 is 23.4 Å². The second-order valence-corrected chi connectivity index (χ2v) is 8.97. The van der Waals surface area contributed by atoms with Gasteiger partial charge in [0.25, 0.3) is 0 Å². The number of carbonyl (C=O) groups excluding carboxylic acids is 2. The lowest BCUT2D eigenvalue weighted by Crippen LogP contribution is -2.50. The summed E-state index contributed by atoms with van der Waals surface area (Å²) in [6.45, 7) is 11.2. The van der Waals surface area contributed by atoms with E-state index in [0.29, 0.717) is 49.1 Å². The first kappa shape index (κ1) is 28.5. The van der Waals surface area contributed by atoms with E-state index in [1.807, 2.05) is 65.0 Å². The van der Waals surface area contributed by atoms with E-state index in [9.17, 15) is 9.59 Å². The largest absolute Gasteiger partial charge is 0.490 e. The summed E-state index contributed by atoms with van der Waals surface area (Å²) in [6.07, 6.45) is 2.17. The Hall–Kier alpha value is -2.73. The molecule has 2 amide bonds. The van der Waals surface area contributed by atoms with E-state index in [4.69, 9.17) is 21.1 Å². The Balaban J connectivity index is 2.23. The topological polar surface area (TPSA) is 67.9 Å². The zero-order valence-electron chi connectivity index (χ0n) is 21.6. The van der Waals surface area contributed by atoms with Gasteiger partial charge in [0.2, 0.25) is 11.8 Å². The van der Waals surface area contributed by atoms with Gasteiger partial charge in [0.05, 0.1) is 13.2 Å². The fraction of sp³-hybridized carbons (Fsp3) is 0.500. The molecule has 2 atom stereocenters. The van der Waals surface area contributed by atoms with E-state index in [1.165, 1.54) is 0 Å². The molecule has 0 aromatic heterocycles. The predicted octanol–water partition coefficient (Wildman–Crippen LogP) is 5.79. The number of halogens is 1. The summed E-state index contributed by atoms with van der Waals surface area (Å²) < 4.78 is 11.4. The number of ether oxygens (including phenoxy) is 2.